The van der Waals surface area contributed by atoms with Crippen molar-refractivity contribution in [2.24, 2.45) is 0 Å². The molecule has 0 saturated carbocycles. The lowest BCUT2D eigenvalue weighted by atomic mass is 10.1. The molecule has 0 radical (unpaired) electrons. The SMILES string of the molecule is CCCS(=O)(=O)Nc1ccc2c(c1)CC(=O)N2C. The molecule has 1 aliphatic heterocycles. The van der Waals surface area contributed by atoms with E-state index in [-0.39, 0.29) is 11.7 Å². The minimum atomic E-state index is -3.28. The molecule has 0 fully saturated rings. The minimum Gasteiger partial charge on any atom is -0.315 e. The van der Waals surface area contributed by atoms with E-state index >= 15 is 0 Å². The van der Waals surface area contributed by atoms with E-state index in [2.05, 4.69) is 4.72 Å². The van der Waals surface area contributed by atoms with E-state index in [0.717, 1.165) is 11.3 Å². The number of carbonyl (C=O) groups is 1. The molecule has 1 N–H and O–H groups in total. The first-order valence-corrected chi connectivity index (χ1v) is 7.48. The molecule has 1 aliphatic rings. The molecule has 1 heterocycles. The fourth-order valence-corrected chi connectivity index (χ4v) is 3.16. The van der Waals surface area contributed by atoms with Crippen molar-refractivity contribution in [2.75, 3.05) is 22.4 Å². The van der Waals surface area contributed by atoms with Gasteiger partial charge in [0.05, 0.1) is 12.2 Å². The number of nitrogens with zero attached hydrogens (tertiary/aromatic N) is 1. The lowest BCUT2D eigenvalue weighted by Crippen LogP contribution is -2.20. The van der Waals surface area contributed by atoms with E-state index < -0.39 is 10.0 Å². The maximum Gasteiger partial charge on any atom is 0.232 e. The Morgan fingerprint density at radius 2 is 2.11 bits per heavy atom. The Bertz CT molecular complexity index is 581. The van der Waals surface area contributed by atoms with Crippen LogP contribution in [-0.4, -0.2) is 27.1 Å². The number of sulfonamides is 1. The predicted octanol–water partition coefficient (Wildman–Crippen LogP) is 1.36. The van der Waals surface area contributed by atoms with E-state index in [0.29, 0.717) is 18.5 Å². The summed E-state index contributed by atoms with van der Waals surface area (Å²) >= 11 is 0. The van der Waals surface area contributed by atoms with E-state index in [1.807, 2.05) is 6.92 Å². The number of likely N-dealkylation sites (N-methyl/N-ethyl adjacent to an activating group) is 1. The van der Waals surface area contributed by atoms with Gasteiger partial charge in [-0.25, -0.2) is 8.42 Å². The van der Waals surface area contributed by atoms with Gasteiger partial charge in [-0.05, 0) is 30.2 Å². The fraction of sp³-hybridized carbons (Fsp3) is 0.417. The number of nitrogens with one attached hydrogen (secondary N) is 1. The van der Waals surface area contributed by atoms with Crippen molar-refractivity contribution in [2.45, 2.75) is 19.8 Å². The summed E-state index contributed by atoms with van der Waals surface area (Å²) in [6, 6.07) is 5.18. The number of rotatable bonds is 4. The summed E-state index contributed by atoms with van der Waals surface area (Å²) < 4.78 is 25.8. The second-order valence-corrected chi connectivity index (χ2v) is 6.24. The van der Waals surface area contributed by atoms with Crippen LogP contribution in [0.4, 0.5) is 11.4 Å². The quantitative estimate of drug-likeness (QED) is 0.896. The maximum atomic E-state index is 11.6. The lowest BCUT2D eigenvalue weighted by Gasteiger charge is -2.11. The number of anilines is 2. The molecular formula is C12H16N2O3S. The molecule has 2 rings (SSSR count). The molecule has 0 saturated heterocycles. The molecule has 0 unspecified atom stereocenters. The van der Waals surface area contributed by atoms with Crippen LogP contribution in [0.5, 0.6) is 0 Å². The van der Waals surface area contributed by atoms with Crippen LogP contribution >= 0.6 is 0 Å². The zero-order chi connectivity index (χ0) is 13.3. The number of benzene rings is 1. The zero-order valence-corrected chi connectivity index (χ0v) is 11.3. The molecule has 0 bridgehead atoms. The molecule has 0 spiro atoms. The Morgan fingerprint density at radius 1 is 1.39 bits per heavy atom. The smallest absolute Gasteiger partial charge is 0.232 e. The zero-order valence-electron chi connectivity index (χ0n) is 10.4. The molecule has 6 heteroatoms. The second kappa shape index (κ2) is 4.61. The summed E-state index contributed by atoms with van der Waals surface area (Å²) in [5.41, 5.74) is 2.22. The average Bonchev–Trinajstić information content (AvgIpc) is 2.53. The third-order valence-electron chi connectivity index (χ3n) is 2.90. The van der Waals surface area contributed by atoms with Crippen molar-refractivity contribution >= 4 is 27.3 Å². The Morgan fingerprint density at radius 3 is 2.78 bits per heavy atom. The highest BCUT2D eigenvalue weighted by molar-refractivity contribution is 7.92. The van der Waals surface area contributed by atoms with Gasteiger partial charge in [0.15, 0.2) is 0 Å². The maximum absolute atomic E-state index is 11.6. The van der Waals surface area contributed by atoms with Gasteiger partial charge in [-0.1, -0.05) is 6.92 Å². The van der Waals surface area contributed by atoms with Crippen molar-refractivity contribution < 1.29 is 13.2 Å². The van der Waals surface area contributed by atoms with Crippen LogP contribution in [0.15, 0.2) is 18.2 Å². The van der Waals surface area contributed by atoms with Crippen LogP contribution in [0.3, 0.4) is 0 Å². The molecule has 5 nitrogen and oxygen atoms in total. The highest BCUT2D eigenvalue weighted by Crippen LogP contribution is 2.30. The van der Waals surface area contributed by atoms with Gasteiger partial charge < -0.3 is 4.90 Å². The fourth-order valence-electron chi connectivity index (χ4n) is 2.03. The first kappa shape index (κ1) is 12.9. The molecule has 1 amide bonds. The monoisotopic (exact) mass is 268 g/mol. The van der Waals surface area contributed by atoms with E-state index in [4.69, 9.17) is 0 Å². The topological polar surface area (TPSA) is 66.5 Å². The van der Waals surface area contributed by atoms with Crippen molar-refractivity contribution in [3.8, 4) is 0 Å². The van der Waals surface area contributed by atoms with Crippen molar-refractivity contribution in [1.82, 2.24) is 0 Å². The summed E-state index contributed by atoms with van der Waals surface area (Å²) in [6.45, 7) is 1.82. The largest absolute Gasteiger partial charge is 0.315 e. The van der Waals surface area contributed by atoms with E-state index in [1.54, 1.807) is 30.1 Å². The molecule has 1 aromatic rings. The lowest BCUT2D eigenvalue weighted by molar-refractivity contribution is -0.117. The Balaban J connectivity index is 2.24. The van der Waals surface area contributed by atoms with Crippen LogP contribution in [-0.2, 0) is 21.2 Å². The second-order valence-electron chi connectivity index (χ2n) is 4.39. The van der Waals surface area contributed by atoms with Gasteiger partial charge in [0.1, 0.15) is 0 Å². The Kier molecular flexibility index (Phi) is 3.30. The van der Waals surface area contributed by atoms with Crippen LogP contribution in [0.25, 0.3) is 0 Å². The molecule has 1 aromatic carbocycles. The highest BCUT2D eigenvalue weighted by Gasteiger charge is 2.24. The van der Waals surface area contributed by atoms with Crippen molar-refractivity contribution in [1.29, 1.82) is 0 Å². The summed E-state index contributed by atoms with van der Waals surface area (Å²) in [7, 11) is -1.56. The standard InChI is InChI=1S/C12H16N2O3S/c1-3-6-18(16,17)13-10-4-5-11-9(7-10)8-12(15)14(11)2/h4-5,7,13H,3,6,8H2,1-2H3. The van der Waals surface area contributed by atoms with Crippen LogP contribution < -0.4 is 9.62 Å². The Hall–Kier alpha value is -1.56. The molecular weight excluding hydrogens is 252 g/mol. The Labute approximate surface area is 107 Å². The molecule has 98 valence electrons. The summed E-state index contributed by atoms with van der Waals surface area (Å²) in [5, 5.41) is 0. The first-order chi connectivity index (χ1) is 8.43. The number of hydrogen-bond acceptors (Lipinski definition) is 3. The third-order valence-corrected chi connectivity index (χ3v) is 4.40. The van der Waals surface area contributed by atoms with E-state index in [1.165, 1.54) is 0 Å². The van der Waals surface area contributed by atoms with Crippen LogP contribution in [0, 0.1) is 0 Å². The summed E-state index contributed by atoms with van der Waals surface area (Å²) in [4.78, 5) is 13.1. The first-order valence-electron chi connectivity index (χ1n) is 5.83. The molecule has 18 heavy (non-hydrogen) atoms. The predicted molar refractivity (Wildman–Crippen MR) is 71.3 cm³/mol. The van der Waals surface area contributed by atoms with Gasteiger partial charge in [0, 0.05) is 18.4 Å². The number of hydrogen-bond donors (Lipinski definition) is 1. The molecule has 0 aromatic heterocycles. The molecule has 0 aliphatic carbocycles. The van der Waals surface area contributed by atoms with Gasteiger partial charge in [-0.3, -0.25) is 9.52 Å². The van der Waals surface area contributed by atoms with Crippen molar-refractivity contribution in [3.63, 3.8) is 0 Å². The van der Waals surface area contributed by atoms with Gasteiger partial charge in [-0.2, -0.15) is 0 Å². The van der Waals surface area contributed by atoms with Gasteiger partial charge >= 0.3 is 0 Å². The molecule has 0 atom stereocenters. The minimum absolute atomic E-state index is 0.0264. The highest BCUT2D eigenvalue weighted by atomic mass is 32.2. The number of amides is 1. The summed E-state index contributed by atoms with van der Waals surface area (Å²) in [5.74, 6) is 0.127. The van der Waals surface area contributed by atoms with E-state index in [9.17, 15) is 13.2 Å². The number of carbonyl (C=O) groups excluding carboxylic acids is 1. The summed E-state index contributed by atoms with van der Waals surface area (Å²) in [6.07, 6.45) is 0.899. The van der Waals surface area contributed by atoms with Crippen molar-refractivity contribution in [3.05, 3.63) is 23.8 Å². The van der Waals surface area contributed by atoms with Crippen LogP contribution in [0.2, 0.25) is 0 Å². The third kappa shape index (κ3) is 2.48. The van der Waals surface area contributed by atoms with Gasteiger partial charge in [-0.15, -0.1) is 0 Å². The normalized spacial score (nSPS) is 14.8. The van der Waals surface area contributed by atoms with Gasteiger partial charge in [0.2, 0.25) is 15.9 Å². The average molecular weight is 268 g/mol. The number of fused-ring (bicyclic) bond motifs is 1. The van der Waals surface area contributed by atoms with Crippen LogP contribution in [0.1, 0.15) is 18.9 Å². The van der Waals surface area contributed by atoms with Gasteiger partial charge in [0.25, 0.3) is 0 Å².